The summed E-state index contributed by atoms with van der Waals surface area (Å²) in [5.41, 5.74) is 23.0. The molecular weight excluding hydrogens is 795 g/mol. The van der Waals surface area contributed by atoms with Gasteiger partial charge in [-0.1, -0.05) is 89.5 Å². The predicted molar refractivity (Wildman–Crippen MR) is 261 cm³/mol. The molecule has 0 rings (SSSR count). The molecule has 0 fully saturated rings. The summed E-state index contributed by atoms with van der Waals surface area (Å²) in [4.78, 5) is 67.6. The molecule has 0 saturated carbocycles. The molecule has 0 unspecified atom stereocenters. The minimum absolute atomic E-state index is 0.00457. The molecule has 366 valence electrons. The zero-order valence-corrected chi connectivity index (χ0v) is 40.2. The summed E-state index contributed by atoms with van der Waals surface area (Å²) in [5, 5.41) is 8.92. The highest BCUT2D eigenvalue weighted by atomic mass is 16.2. The maximum atomic E-state index is 13.9. The molecule has 0 aromatic rings. The van der Waals surface area contributed by atoms with Gasteiger partial charge in [0.2, 0.25) is 23.6 Å². The number of carbonyl (C=O) groups is 5. The van der Waals surface area contributed by atoms with Crippen molar-refractivity contribution in [1.82, 2.24) is 25.8 Å². The zero-order chi connectivity index (χ0) is 46.6. The van der Waals surface area contributed by atoms with Gasteiger partial charge in [0.25, 0.3) is 0 Å². The number of carbonyl (C=O) groups excluding carboxylic acids is 5. The minimum atomic E-state index is -0.655. The average molecular weight is 890 g/mol. The first-order valence-corrected chi connectivity index (χ1v) is 25.1. The summed E-state index contributed by atoms with van der Waals surface area (Å²) in [6, 6.07) is -1.21. The lowest BCUT2D eigenvalue weighted by Crippen LogP contribution is -2.44. The molecule has 0 aliphatic carbocycles. The summed E-state index contributed by atoms with van der Waals surface area (Å²) in [6.45, 7) is 8.86. The molecule has 14 nitrogen and oxygen atoms in total. The molecule has 0 bridgehead atoms. The van der Waals surface area contributed by atoms with E-state index in [9.17, 15) is 24.0 Å². The van der Waals surface area contributed by atoms with E-state index >= 15 is 0 Å². The van der Waals surface area contributed by atoms with Gasteiger partial charge < -0.3 is 43.8 Å². The van der Waals surface area contributed by atoms with Crippen molar-refractivity contribution in [2.45, 2.75) is 193 Å². The number of hydrogen-bond acceptors (Lipinski definition) is 10. The van der Waals surface area contributed by atoms with Gasteiger partial charge >= 0.3 is 0 Å². The van der Waals surface area contributed by atoms with E-state index in [4.69, 9.17) is 22.9 Å². The Labute approximate surface area is 383 Å². The molecule has 0 aliphatic rings. The molecular formula is C49H95N9O5. The van der Waals surface area contributed by atoms with Crippen LogP contribution in [0, 0.1) is 0 Å². The van der Waals surface area contributed by atoms with Crippen LogP contribution >= 0.6 is 0 Å². The van der Waals surface area contributed by atoms with Crippen LogP contribution in [-0.4, -0.2) is 117 Å². The van der Waals surface area contributed by atoms with Gasteiger partial charge in [-0.3, -0.25) is 28.9 Å². The first kappa shape index (κ1) is 59.8. The van der Waals surface area contributed by atoms with Gasteiger partial charge in [-0.15, -0.1) is 0 Å². The van der Waals surface area contributed by atoms with E-state index in [1.54, 1.807) is 0 Å². The number of allylic oxidation sites excluding steroid dienone is 4. The van der Waals surface area contributed by atoms with Crippen LogP contribution in [0.15, 0.2) is 24.3 Å². The van der Waals surface area contributed by atoms with Crippen molar-refractivity contribution in [1.29, 1.82) is 0 Å². The smallest absolute Gasteiger partial charge is 0.236 e. The Hall–Kier alpha value is -3.17. The highest BCUT2D eigenvalue weighted by molar-refractivity contribution is 5.83. The lowest BCUT2D eigenvalue weighted by atomic mass is 10.0. The van der Waals surface area contributed by atoms with E-state index in [0.29, 0.717) is 117 Å². The molecule has 0 aliphatic heterocycles. The second kappa shape index (κ2) is 44.1. The van der Waals surface area contributed by atoms with Crippen molar-refractivity contribution in [3.63, 3.8) is 0 Å². The largest absolute Gasteiger partial charge is 0.356 e. The third kappa shape index (κ3) is 37.9. The third-order valence-electron chi connectivity index (χ3n) is 11.2. The van der Waals surface area contributed by atoms with Crippen LogP contribution in [0.2, 0.25) is 0 Å². The van der Waals surface area contributed by atoms with E-state index in [1.165, 1.54) is 57.8 Å². The van der Waals surface area contributed by atoms with E-state index in [0.717, 1.165) is 51.4 Å². The van der Waals surface area contributed by atoms with Crippen molar-refractivity contribution < 1.29 is 24.0 Å². The lowest BCUT2D eigenvalue weighted by Gasteiger charge is -2.28. The Bertz CT molecular complexity index is 1190. The van der Waals surface area contributed by atoms with Crippen LogP contribution < -0.4 is 38.9 Å². The molecule has 0 spiro atoms. The van der Waals surface area contributed by atoms with Gasteiger partial charge in [-0.25, -0.2) is 0 Å². The van der Waals surface area contributed by atoms with Crippen molar-refractivity contribution in [2.75, 3.05) is 65.4 Å². The Morgan fingerprint density at radius 3 is 1.68 bits per heavy atom. The molecule has 63 heavy (non-hydrogen) atoms. The number of Topliss-reactive ketones (excluding diaryl/α,β-unsaturated/α-hetero) is 1. The molecule has 11 N–H and O–H groups in total. The highest BCUT2D eigenvalue weighted by Crippen LogP contribution is 2.11. The van der Waals surface area contributed by atoms with Gasteiger partial charge in [-0.2, -0.15) is 0 Å². The maximum absolute atomic E-state index is 13.9. The molecule has 4 amide bonds. The van der Waals surface area contributed by atoms with Crippen LogP contribution in [0.5, 0.6) is 0 Å². The fraction of sp³-hybridized carbons (Fsp3) is 0.816. The third-order valence-corrected chi connectivity index (χ3v) is 11.2. The average Bonchev–Trinajstić information content (AvgIpc) is 3.26. The summed E-state index contributed by atoms with van der Waals surface area (Å²) >= 11 is 0. The minimum Gasteiger partial charge on any atom is -0.356 e. The number of nitrogens with one attached hydrogen (secondary N) is 3. The van der Waals surface area contributed by atoms with E-state index in [1.807, 2.05) is 11.0 Å². The van der Waals surface area contributed by atoms with Crippen LogP contribution in [0.1, 0.15) is 181 Å². The van der Waals surface area contributed by atoms with Crippen molar-refractivity contribution in [3.8, 4) is 0 Å². The quantitative estimate of drug-likeness (QED) is 0.0283. The van der Waals surface area contributed by atoms with E-state index < -0.39 is 12.1 Å². The molecule has 0 aromatic heterocycles. The Morgan fingerprint density at radius 2 is 1.02 bits per heavy atom. The second-order valence-electron chi connectivity index (χ2n) is 17.1. The van der Waals surface area contributed by atoms with Crippen LogP contribution in [-0.2, 0) is 24.0 Å². The molecule has 14 heteroatoms. The van der Waals surface area contributed by atoms with Crippen molar-refractivity contribution in [3.05, 3.63) is 24.3 Å². The SMILES string of the molecule is CC/C=C\CCC(=O)NCCCCN(CCCNC(=O)CCCCCCC/C=C\CCCCCCCC)C(=O)CN(CCCCC(=O)[C@@H](N)CCN)CCCNC(=O)[C@@H](N)CCN. The number of nitrogens with zero attached hydrogens (tertiary/aromatic N) is 2. The zero-order valence-electron chi connectivity index (χ0n) is 40.2. The van der Waals surface area contributed by atoms with Crippen LogP contribution in [0.25, 0.3) is 0 Å². The monoisotopic (exact) mass is 890 g/mol. The van der Waals surface area contributed by atoms with Gasteiger partial charge in [0.15, 0.2) is 0 Å². The van der Waals surface area contributed by atoms with Crippen molar-refractivity contribution >= 4 is 29.4 Å². The van der Waals surface area contributed by atoms with Crippen molar-refractivity contribution in [2.24, 2.45) is 22.9 Å². The molecule has 2 atom stereocenters. The maximum Gasteiger partial charge on any atom is 0.236 e. The standard InChI is InChI=1S/C49H95N9O5/c1-3-5-7-9-10-11-12-13-14-15-16-17-18-19-21-30-47(61)55-36-27-41-58(40-25-23-35-54-46(60)29-20-8-6-4-2)48(62)42-57(38-24-22-28-45(59)43(52)31-33-50)39-26-37-56-49(63)44(53)32-34-51/h6,8,13-14,43-44H,3-5,7,9-12,15-42,50-53H2,1-2H3,(H,54,60)(H,55,61)(H,56,63)/b8-6-,14-13-/t43-,44-/m0/s1. The molecule has 0 heterocycles. The molecule has 0 aromatic carbocycles. The predicted octanol–water partition coefficient (Wildman–Crippen LogP) is 5.90. The summed E-state index contributed by atoms with van der Waals surface area (Å²) in [7, 11) is 0. The number of unbranched alkanes of at least 4 members (excludes halogenated alkanes) is 13. The van der Waals surface area contributed by atoms with Gasteiger partial charge in [0, 0.05) is 58.5 Å². The topological polar surface area (TPSA) is 232 Å². The Kier molecular flexibility index (Phi) is 41.8. The number of ketones is 1. The molecule has 0 radical (unpaired) electrons. The van der Waals surface area contributed by atoms with Gasteiger partial charge in [-0.05, 0) is 116 Å². The van der Waals surface area contributed by atoms with E-state index in [-0.39, 0.29) is 36.0 Å². The highest BCUT2D eigenvalue weighted by Gasteiger charge is 2.19. The summed E-state index contributed by atoms with van der Waals surface area (Å²) in [5.74, 6) is -0.189. The number of nitrogens with two attached hydrogens (primary N) is 4. The van der Waals surface area contributed by atoms with Gasteiger partial charge in [0.05, 0.1) is 18.6 Å². The van der Waals surface area contributed by atoms with Gasteiger partial charge in [0.1, 0.15) is 5.78 Å². The summed E-state index contributed by atoms with van der Waals surface area (Å²) < 4.78 is 0. The second-order valence-corrected chi connectivity index (χ2v) is 17.1. The fourth-order valence-corrected chi connectivity index (χ4v) is 7.22. The number of hydrogen-bond donors (Lipinski definition) is 7. The lowest BCUT2D eigenvalue weighted by molar-refractivity contribution is -0.133. The fourth-order valence-electron chi connectivity index (χ4n) is 7.22. The first-order valence-electron chi connectivity index (χ1n) is 25.1. The first-order chi connectivity index (χ1) is 30.6. The molecule has 0 saturated heterocycles. The number of rotatable bonds is 45. The van der Waals surface area contributed by atoms with Crippen LogP contribution in [0.3, 0.4) is 0 Å². The van der Waals surface area contributed by atoms with Crippen LogP contribution in [0.4, 0.5) is 0 Å². The summed E-state index contributed by atoms with van der Waals surface area (Å²) in [6.07, 6.45) is 32.5. The Morgan fingerprint density at radius 1 is 0.508 bits per heavy atom. The Balaban J connectivity index is 5.09. The number of amides is 4. The normalized spacial score (nSPS) is 12.6. The van der Waals surface area contributed by atoms with E-state index in [2.05, 4.69) is 52.9 Å².